The van der Waals surface area contributed by atoms with E-state index in [-0.39, 0.29) is 26.2 Å². The predicted octanol–water partition coefficient (Wildman–Crippen LogP) is 19.0. The standard InChI is InChI=1S/4C21H36O5.Zr/c4*1-6-9-12-23-17-15-18(21(4,5)26-22)20(25-14-11-8-3)19(16-17)24-13-10-7-2;/h4*15-16,22H,6-14H2,1-5H3;/q;;;;+4/p-4. The fourth-order valence-corrected chi connectivity index (χ4v) is 9.55. The Morgan fingerprint density at radius 1 is 0.210 bits per heavy atom. The van der Waals surface area contributed by atoms with Crippen molar-refractivity contribution in [1.29, 1.82) is 0 Å². The van der Waals surface area contributed by atoms with Crippen LogP contribution in [0, 0.1) is 0 Å². The normalized spacial score (nSPS) is 11.4. The van der Waals surface area contributed by atoms with Crippen molar-refractivity contribution in [2.45, 2.75) is 315 Å². The third-order valence-corrected chi connectivity index (χ3v) is 16.6. The summed E-state index contributed by atoms with van der Waals surface area (Å²) in [5.41, 5.74) is -1.56. The van der Waals surface area contributed by atoms with Gasteiger partial charge in [-0.05, 0) is 157 Å². The topological polar surface area (TPSA) is 240 Å². The van der Waals surface area contributed by atoms with Crippen molar-refractivity contribution in [3.05, 3.63) is 70.8 Å². The van der Waals surface area contributed by atoms with Gasteiger partial charge in [-0.3, -0.25) is 0 Å². The van der Waals surface area contributed by atoms with Crippen molar-refractivity contribution in [2.24, 2.45) is 0 Å². The molecule has 0 saturated carbocycles. The first-order chi connectivity index (χ1) is 50.0. The Morgan fingerprint density at radius 2 is 0.343 bits per heavy atom. The minimum Gasteiger partial charge on any atom is -0.723 e. The molecule has 0 fully saturated rings. The van der Waals surface area contributed by atoms with Crippen LogP contribution in [-0.4, -0.2) is 79.3 Å². The number of ether oxygens (including phenoxy) is 12. The molecule has 0 spiro atoms. The molecule has 0 saturated heterocycles. The minimum absolute atomic E-state index is 0. The Kier molecular flexibility index (Phi) is 56.2. The summed E-state index contributed by atoms with van der Waals surface area (Å²) in [5.74, 6) is 7.48. The molecule has 0 aliphatic carbocycles. The molecule has 0 aromatic heterocycles. The molecule has 0 heterocycles. The summed E-state index contributed by atoms with van der Waals surface area (Å²) >= 11 is 0. The molecule has 0 atom stereocenters. The van der Waals surface area contributed by atoms with Gasteiger partial charge in [0.25, 0.3) is 0 Å². The van der Waals surface area contributed by atoms with Gasteiger partial charge in [-0.1, -0.05) is 160 Å². The summed E-state index contributed by atoms with van der Waals surface area (Å²) in [7, 11) is 0. The fraction of sp³-hybridized carbons (Fsp3) is 0.714. The van der Waals surface area contributed by atoms with Crippen LogP contribution in [0.5, 0.6) is 69.0 Å². The molecule has 0 aliphatic rings. The van der Waals surface area contributed by atoms with E-state index in [1.807, 2.05) is 48.5 Å². The molecule has 20 nitrogen and oxygen atoms in total. The Labute approximate surface area is 653 Å². The van der Waals surface area contributed by atoms with Crippen LogP contribution in [0.2, 0.25) is 0 Å². The van der Waals surface area contributed by atoms with E-state index in [4.69, 9.17) is 56.8 Å². The molecule has 4 aromatic rings. The number of rotatable bonds is 56. The van der Waals surface area contributed by atoms with Crippen molar-refractivity contribution in [3.8, 4) is 69.0 Å². The summed E-state index contributed by atoms with van der Waals surface area (Å²) in [6.07, 6.45) is 23.9. The van der Waals surface area contributed by atoms with Gasteiger partial charge in [0, 0.05) is 46.5 Å². The van der Waals surface area contributed by atoms with Crippen molar-refractivity contribution in [1.82, 2.24) is 0 Å². The van der Waals surface area contributed by atoms with Crippen LogP contribution in [0.25, 0.3) is 0 Å². The molecule has 600 valence electrons. The van der Waals surface area contributed by atoms with Crippen LogP contribution in [0.15, 0.2) is 48.5 Å². The van der Waals surface area contributed by atoms with Crippen LogP contribution in [-0.2, 0) is 68.2 Å². The summed E-state index contributed by atoms with van der Waals surface area (Å²) < 4.78 is 71.4. The third kappa shape index (κ3) is 38.8. The molecule has 0 bridgehead atoms. The third-order valence-electron chi connectivity index (χ3n) is 16.6. The van der Waals surface area contributed by atoms with Crippen LogP contribution in [0.1, 0.15) is 315 Å². The smallest absolute Gasteiger partial charge is 0.723 e. The van der Waals surface area contributed by atoms with E-state index < -0.39 is 22.4 Å². The fourth-order valence-electron chi connectivity index (χ4n) is 9.55. The number of hydrogen-bond donors (Lipinski definition) is 0. The van der Waals surface area contributed by atoms with Gasteiger partial charge in [-0.25, -0.2) is 0 Å². The Hall–Kier alpha value is -4.96. The average Bonchev–Trinajstić information content (AvgIpc) is 0.817. The minimum atomic E-state index is -1.05. The molecule has 4 rings (SSSR count). The van der Waals surface area contributed by atoms with Crippen molar-refractivity contribution < 1.29 is 124 Å². The zero-order valence-electron chi connectivity index (χ0n) is 68.7. The van der Waals surface area contributed by atoms with E-state index in [9.17, 15) is 21.0 Å². The van der Waals surface area contributed by atoms with E-state index in [1.54, 1.807) is 55.4 Å². The van der Waals surface area contributed by atoms with Crippen LogP contribution >= 0.6 is 0 Å². The molecular formula is C84H140O20Zr. The second kappa shape index (κ2) is 59.0. The molecule has 0 radical (unpaired) electrons. The first-order valence-corrected chi connectivity index (χ1v) is 39.5. The molecule has 105 heavy (non-hydrogen) atoms. The number of unbranched alkanes of at least 4 members (excludes halogenated alkanes) is 12. The summed E-state index contributed by atoms with van der Waals surface area (Å²) in [6.45, 7) is 46.4. The van der Waals surface area contributed by atoms with Crippen LogP contribution in [0.4, 0.5) is 0 Å². The molecule has 0 aliphatic heterocycles. The largest absolute Gasteiger partial charge is 4.00 e. The van der Waals surface area contributed by atoms with E-state index in [0.717, 1.165) is 154 Å². The van der Waals surface area contributed by atoms with Gasteiger partial charge in [0.1, 0.15) is 23.0 Å². The van der Waals surface area contributed by atoms with Crippen molar-refractivity contribution >= 4 is 0 Å². The molecule has 21 heteroatoms. The van der Waals surface area contributed by atoms with Gasteiger partial charge in [0.15, 0.2) is 46.0 Å². The summed E-state index contributed by atoms with van der Waals surface area (Å²) in [6, 6.07) is 14.8. The zero-order valence-corrected chi connectivity index (χ0v) is 71.2. The quantitative estimate of drug-likeness (QED) is 0.0227. The summed E-state index contributed by atoms with van der Waals surface area (Å²) in [4.78, 5) is 18.0. The van der Waals surface area contributed by atoms with Gasteiger partial charge in [-0.2, -0.15) is 0 Å². The molecule has 0 N–H and O–H groups in total. The van der Waals surface area contributed by atoms with E-state index in [1.165, 1.54) is 0 Å². The van der Waals surface area contributed by atoms with E-state index in [2.05, 4.69) is 103 Å². The maximum absolute atomic E-state index is 11.3. The van der Waals surface area contributed by atoms with E-state index in [0.29, 0.717) is 171 Å². The van der Waals surface area contributed by atoms with Gasteiger partial charge < -0.3 is 97.4 Å². The van der Waals surface area contributed by atoms with Gasteiger partial charge in [0.2, 0.25) is 0 Å². The SMILES string of the molecule is CCCCOc1cc(OCCCC)c(OCCCC)c(C(C)(C)O[O-])c1.CCCCOc1cc(OCCCC)c(OCCCC)c(C(C)(C)O[O-])c1.CCCCOc1cc(OCCCC)c(OCCCC)c(C(C)(C)O[O-])c1.CCCCOc1cc(OCCCC)c(OCCCC)c(C(C)(C)O[O-])c1.[Zr+4]. The van der Waals surface area contributed by atoms with E-state index >= 15 is 0 Å². The maximum atomic E-state index is 11.3. The molecule has 0 unspecified atom stereocenters. The second-order valence-electron chi connectivity index (χ2n) is 28.0. The Bertz CT molecular complexity index is 2440. The average molecular weight is 1560 g/mol. The van der Waals surface area contributed by atoms with Gasteiger partial charge in [0.05, 0.1) is 102 Å². The van der Waals surface area contributed by atoms with Gasteiger partial charge >= 0.3 is 26.2 Å². The van der Waals surface area contributed by atoms with Crippen LogP contribution < -0.4 is 77.9 Å². The number of hydrogen-bond acceptors (Lipinski definition) is 20. The molecule has 4 aromatic carbocycles. The first kappa shape index (κ1) is 100. The summed E-state index contributed by atoms with van der Waals surface area (Å²) in [5, 5.41) is 45.4. The monoisotopic (exact) mass is 1560 g/mol. The van der Waals surface area contributed by atoms with Gasteiger partial charge in [-0.15, -0.1) is 0 Å². The zero-order chi connectivity index (χ0) is 77.7. The first-order valence-electron chi connectivity index (χ1n) is 39.5. The van der Waals surface area contributed by atoms with Crippen molar-refractivity contribution in [3.63, 3.8) is 0 Å². The molecule has 0 amide bonds. The maximum Gasteiger partial charge on any atom is 4.00 e. The number of benzene rings is 4. The van der Waals surface area contributed by atoms with Crippen molar-refractivity contribution in [2.75, 3.05) is 79.3 Å². The Balaban J connectivity index is 0.00000137. The predicted molar refractivity (Wildman–Crippen MR) is 407 cm³/mol. The molecular weight excluding hydrogens is 1420 g/mol. The Morgan fingerprint density at radius 3 is 0.476 bits per heavy atom. The second-order valence-corrected chi connectivity index (χ2v) is 28.0. The van der Waals surface area contributed by atoms with Crippen LogP contribution in [0.3, 0.4) is 0 Å².